The molecule has 0 fully saturated rings. The zero-order chi connectivity index (χ0) is 26.2. The number of carbonyl (C=O) groups is 3. The van der Waals surface area contributed by atoms with Crippen LogP contribution in [0.3, 0.4) is 0 Å². The van der Waals surface area contributed by atoms with Crippen molar-refractivity contribution in [3.05, 3.63) is 46.0 Å². The summed E-state index contributed by atoms with van der Waals surface area (Å²) in [4.78, 5) is 40.6. The van der Waals surface area contributed by atoms with Crippen molar-refractivity contribution >= 4 is 41.4 Å². The molecule has 2 aromatic heterocycles. The van der Waals surface area contributed by atoms with Gasteiger partial charge in [0.1, 0.15) is 11.5 Å². The Morgan fingerprint density at radius 2 is 1.34 bits per heavy atom. The molecule has 13 heteroatoms. The van der Waals surface area contributed by atoms with Gasteiger partial charge in [0.15, 0.2) is 25.8 Å². The summed E-state index contributed by atoms with van der Waals surface area (Å²) in [6.45, 7) is 3.46. The van der Waals surface area contributed by atoms with Crippen LogP contribution in [0.25, 0.3) is 0 Å². The van der Waals surface area contributed by atoms with Crippen LogP contribution in [0.1, 0.15) is 36.1 Å². The lowest BCUT2D eigenvalue weighted by atomic mass is 10.2. The predicted octanol–water partition coefficient (Wildman–Crippen LogP) is 3.46. The molecule has 0 aliphatic rings. The Labute approximate surface area is 212 Å². The van der Waals surface area contributed by atoms with E-state index in [-0.39, 0.29) is 36.2 Å². The molecule has 2 aromatic rings. The Bertz CT molecular complexity index is 972. The molecule has 0 bridgehead atoms. The molecule has 11 nitrogen and oxygen atoms in total. The zero-order valence-electron chi connectivity index (χ0n) is 19.6. The highest BCUT2D eigenvalue weighted by Crippen LogP contribution is 2.33. The van der Waals surface area contributed by atoms with E-state index in [1.165, 1.54) is 39.0 Å². The van der Waals surface area contributed by atoms with Crippen LogP contribution in [0, 0.1) is 0 Å². The van der Waals surface area contributed by atoms with Crippen LogP contribution in [-0.4, -0.2) is 68.8 Å². The van der Waals surface area contributed by atoms with Crippen molar-refractivity contribution in [2.24, 2.45) is 0 Å². The molecule has 0 amide bonds. The van der Waals surface area contributed by atoms with E-state index in [9.17, 15) is 14.4 Å². The number of esters is 2. The number of halogens is 2. The van der Waals surface area contributed by atoms with Gasteiger partial charge in [-0.25, -0.2) is 9.59 Å². The SMILES string of the molecule is CCOC(=O)COc1cncc(Cl)c1C(OC)OC.CCOC(=O)COc1cncc(Cl)c1C=O. The van der Waals surface area contributed by atoms with E-state index in [1.807, 2.05) is 0 Å². The van der Waals surface area contributed by atoms with E-state index in [0.717, 1.165) is 0 Å². The average molecular weight is 533 g/mol. The molecule has 0 aliphatic carbocycles. The van der Waals surface area contributed by atoms with Crippen molar-refractivity contribution in [2.45, 2.75) is 20.1 Å². The number of aldehydes is 1. The van der Waals surface area contributed by atoms with Gasteiger partial charge in [0, 0.05) is 26.6 Å². The topological polar surface area (TPSA) is 132 Å². The monoisotopic (exact) mass is 532 g/mol. The molecule has 0 unspecified atom stereocenters. The highest BCUT2D eigenvalue weighted by molar-refractivity contribution is 6.33. The maximum absolute atomic E-state index is 11.3. The van der Waals surface area contributed by atoms with E-state index >= 15 is 0 Å². The molecule has 35 heavy (non-hydrogen) atoms. The smallest absolute Gasteiger partial charge is 0.344 e. The Kier molecular flexibility index (Phi) is 14.3. The Morgan fingerprint density at radius 3 is 1.83 bits per heavy atom. The fourth-order valence-electron chi connectivity index (χ4n) is 2.44. The zero-order valence-corrected chi connectivity index (χ0v) is 21.1. The predicted molar refractivity (Wildman–Crippen MR) is 125 cm³/mol. The highest BCUT2D eigenvalue weighted by Gasteiger charge is 2.20. The number of rotatable bonds is 12. The third-order valence-electron chi connectivity index (χ3n) is 3.89. The van der Waals surface area contributed by atoms with Crippen LogP contribution >= 0.6 is 23.2 Å². The van der Waals surface area contributed by atoms with E-state index in [1.54, 1.807) is 13.8 Å². The van der Waals surface area contributed by atoms with Crippen LogP contribution in [-0.2, 0) is 28.5 Å². The first-order valence-electron chi connectivity index (χ1n) is 10.2. The number of ether oxygens (including phenoxy) is 6. The fourth-order valence-corrected chi connectivity index (χ4v) is 2.87. The molecular formula is C22H26Cl2N2O9. The summed E-state index contributed by atoms with van der Waals surface area (Å²) in [7, 11) is 2.94. The second-order valence-electron chi connectivity index (χ2n) is 6.17. The van der Waals surface area contributed by atoms with E-state index in [2.05, 4.69) is 14.7 Å². The molecule has 0 saturated heterocycles. The molecular weight excluding hydrogens is 507 g/mol. The first-order valence-corrected chi connectivity index (χ1v) is 10.9. The first-order chi connectivity index (χ1) is 16.8. The largest absolute Gasteiger partial charge is 0.480 e. The number of carbonyl (C=O) groups excluding carboxylic acids is 3. The van der Waals surface area contributed by atoms with Crippen molar-refractivity contribution in [3.63, 3.8) is 0 Å². The molecule has 2 rings (SSSR count). The van der Waals surface area contributed by atoms with Crippen molar-refractivity contribution < 1.29 is 42.8 Å². The van der Waals surface area contributed by atoms with Crippen LogP contribution in [0.4, 0.5) is 0 Å². The minimum atomic E-state index is -0.701. The summed E-state index contributed by atoms with van der Waals surface area (Å²) in [5.41, 5.74) is 0.645. The Balaban J connectivity index is 0.000000355. The summed E-state index contributed by atoms with van der Waals surface area (Å²) >= 11 is 11.8. The second kappa shape index (κ2) is 16.6. The van der Waals surface area contributed by atoms with E-state index in [4.69, 9.17) is 46.9 Å². The standard InChI is InChI=1S/C12H16ClNO5.C10H10ClNO4/c1-4-18-10(15)7-19-9-6-14-5-8(13)11(9)12(16-2)17-3;1-2-15-10(14)6-16-9-4-12-3-8(11)7(9)5-13/h5-6,12H,4,7H2,1-3H3;3-5H,2,6H2,1H3. The highest BCUT2D eigenvalue weighted by atomic mass is 35.5. The van der Waals surface area contributed by atoms with Gasteiger partial charge in [-0.05, 0) is 13.8 Å². The summed E-state index contributed by atoms with van der Waals surface area (Å²) in [5.74, 6) is -0.510. The Hall–Kier alpha value is -2.99. The lowest BCUT2D eigenvalue weighted by molar-refractivity contribution is -0.146. The van der Waals surface area contributed by atoms with E-state index < -0.39 is 18.2 Å². The molecule has 0 aromatic carbocycles. The summed E-state index contributed by atoms with van der Waals surface area (Å²) in [6.07, 6.45) is 5.36. The Morgan fingerprint density at radius 1 is 0.857 bits per heavy atom. The van der Waals surface area contributed by atoms with Crippen LogP contribution in [0.5, 0.6) is 11.5 Å². The molecule has 0 spiro atoms. The maximum Gasteiger partial charge on any atom is 0.344 e. The van der Waals surface area contributed by atoms with Gasteiger partial charge in [0.2, 0.25) is 0 Å². The quantitative estimate of drug-likeness (QED) is 0.226. The van der Waals surface area contributed by atoms with Gasteiger partial charge in [-0.3, -0.25) is 14.8 Å². The number of hydrogen-bond acceptors (Lipinski definition) is 11. The van der Waals surface area contributed by atoms with Gasteiger partial charge in [-0.15, -0.1) is 0 Å². The van der Waals surface area contributed by atoms with Gasteiger partial charge in [-0.1, -0.05) is 23.2 Å². The molecule has 0 radical (unpaired) electrons. The molecule has 0 saturated carbocycles. The second-order valence-corrected chi connectivity index (χ2v) is 6.99. The van der Waals surface area contributed by atoms with Crippen LogP contribution in [0.2, 0.25) is 10.0 Å². The summed E-state index contributed by atoms with van der Waals surface area (Å²) in [5, 5.41) is 0.506. The first kappa shape index (κ1) is 30.0. The molecule has 2 heterocycles. The van der Waals surface area contributed by atoms with E-state index in [0.29, 0.717) is 29.2 Å². The molecule has 0 N–H and O–H groups in total. The van der Waals surface area contributed by atoms with Crippen LogP contribution < -0.4 is 9.47 Å². The number of hydrogen-bond donors (Lipinski definition) is 0. The lowest BCUT2D eigenvalue weighted by Crippen LogP contribution is -2.16. The fraction of sp³-hybridized carbons (Fsp3) is 0.409. The number of aromatic nitrogens is 2. The third kappa shape index (κ3) is 10.0. The minimum Gasteiger partial charge on any atom is -0.480 e. The van der Waals surface area contributed by atoms with Gasteiger partial charge in [0.05, 0.1) is 46.8 Å². The van der Waals surface area contributed by atoms with Crippen LogP contribution in [0.15, 0.2) is 24.8 Å². The number of methoxy groups -OCH3 is 2. The molecule has 192 valence electrons. The van der Waals surface area contributed by atoms with Crippen molar-refractivity contribution in [2.75, 3.05) is 40.6 Å². The van der Waals surface area contributed by atoms with Crippen molar-refractivity contribution in [1.29, 1.82) is 0 Å². The lowest BCUT2D eigenvalue weighted by Gasteiger charge is -2.18. The molecule has 0 atom stereocenters. The van der Waals surface area contributed by atoms with Gasteiger partial charge in [-0.2, -0.15) is 0 Å². The van der Waals surface area contributed by atoms with Gasteiger partial charge in [0.25, 0.3) is 0 Å². The van der Waals surface area contributed by atoms with Gasteiger partial charge >= 0.3 is 11.9 Å². The molecule has 0 aliphatic heterocycles. The van der Waals surface area contributed by atoms with Crippen molar-refractivity contribution in [1.82, 2.24) is 9.97 Å². The summed E-state index contributed by atoms with van der Waals surface area (Å²) in [6, 6.07) is 0. The number of pyridine rings is 2. The van der Waals surface area contributed by atoms with Gasteiger partial charge < -0.3 is 28.4 Å². The third-order valence-corrected chi connectivity index (χ3v) is 4.49. The minimum absolute atomic E-state index is 0.163. The normalized spacial score (nSPS) is 10.1. The average Bonchev–Trinajstić information content (AvgIpc) is 2.84. The summed E-state index contributed by atoms with van der Waals surface area (Å²) < 4.78 is 30.1. The van der Waals surface area contributed by atoms with Crippen molar-refractivity contribution in [3.8, 4) is 11.5 Å². The number of nitrogens with zero attached hydrogens (tertiary/aromatic N) is 2. The maximum atomic E-state index is 11.3.